The number of carbonyl (C=O) groups is 22. The van der Waals surface area contributed by atoms with Crippen LogP contribution in [0.4, 0.5) is 0 Å². The lowest BCUT2D eigenvalue weighted by molar-refractivity contribution is -0.143. The number of carbonyl (C=O) groups excluding carboxylic acids is 17. The van der Waals surface area contributed by atoms with Crippen molar-refractivity contribution < 1.29 is 146 Å². The molecule has 0 aliphatic rings. The first-order valence-corrected chi connectivity index (χ1v) is 45.6. The number of hydrogen-bond donors (Lipinski definition) is 28. The van der Waals surface area contributed by atoms with Gasteiger partial charge >= 0.3 is 29.8 Å². The Balaban J connectivity index is 3.78. The first-order chi connectivity index (χ1) is 63.3. The molecule has 760 valence electrons. The minimum Gasteiger partial charge on any atom is -0.481 e. The van der Waals surface area contributed by atoms with Gasteiger partial charge in [0.25, 0.3) is 0 Å². The SMILES string of the molecule is CC[C@H](C)[C@H](NC(=O)[C@H](CCC(=O)O)NC(=O)[C@H](CCCCN)NC(=O)[C@@H](N)CC(C)C)C(=O)N[C@@H](CCC(N)=O)C(=O)N[C@@H](CO)C(=O)N[C@@H](CC(C)C)C(=O)N[C@@H](CCC(=O)O)C(=O)N[C@@H](CCSC)C(=O)N[C@H](C(=O)N[C@@H](CCC(=O)O)C(=O)N[C@@H](CC(N)=O)C(=O)N[C@@H](Cc1ccccc1)C(=O)N[C@@H](CCC(=O)O)C(=O)N[C@H](C(=O)N[C@@H](CCCCN)C(=O)O)[C@@H](C)O)[C@@H](C)O. The van der Waals surface area contributed by atoms with Crippen molar-refractivity contribution in [2.24, 2.45) is 46.4 Å². The van der Waals surface area contributed by atoms with Crippen LogP contribution in [0.2, 0.25) is 0 Å². The number of amides is 17. The van der Waals surface area contributed by atoms with E-state index in [0.29, 0.717) is 24.8 Å². The van der Waals surface area contributed by atoms with Crippen molar-refractivity contribution in [2.75, 3.05) is 31.7 Å². The van der Waals surface area contributed by atoms with Gasteiger partial charge in [-0.3, -0.25) is 101 Å². The van der Waals surface area contributed by atoms with Gasteiger partial charge in [0.15, 0.2) is 0 Å². The van der Waals surface area contributed by atoms with Crippen molar-refractivity contribution in [3.63, 3.8) is 0 Å². The van der Waals surface area contributed by atoms with Crippen LogP contribution in [0.3, 0.4) is 0 Å². The number of aliphatic carboxylic acids is 5. The Morgan fingerprint density at radius 2 is 0.644 bits per heavy atom. The van der Waals surface area contributed by atoms with Gasteiger partial charge in [-0.05, 0) is 152 Å². The molecule has 0 saturated carbocycles. The number of aliphatic hydroxyl groups is 3. The molecule has 0 aliphatic carbocycles. The molecule has 0 spiro atoms. The number of primary amides is 2. The summed E-state index contributed by atoms with van der Waals surface area (Å²) < 4.78 is 0. The second kappa shape index (κ2) is 63.8. The van der Waals surface area contributed by atoms with Crippen LogP contribution in [0.1, 0.15) is 196 Å². The zero-order valence-corrected chi connectivity index (χ0v) is 78.1. The summed E-state index contributed by atoms with van der Waals surface area (Å²) in [6.45, 7) is 11.1. The Hall–Kier alpha value is -12.3. The van der Waals surface area contributed by atoms with Crippen molar-refractivity contribution in [3.05, 3.63) is 35.9 Å². The van der Waals surface area contributed by atoms with E-state index in [9.17, 15) is 146 Å². The summed E-state index contributed by atoms with van der Waals surface area (Å²) in [6.07, 6.45) is -9.98. The molecular formula is C84H138N20O30S. The molecule has 50 nitrogen and oxygen atoms in total. The normalized spacial score (nSPS) is 15.4. The molecule has 0 bridgehead atoms. The lowest BCUT2D eigenvalue weighted by Gasteiger charge is -2.30. The lowest BCUT2D eigenvalue weighted by atomic mass is 9.96. The van der Waals surface area contributed by atoms with Crippen LogP contribution < -0.4 is 108 Å². The first kappa shape index (κ1) is 121. The highest BCUT2D eigenvalue weighted by Crippen LogP contribution is 2.18. The first-order valence-electron chi connectivity index (χ1n) is 44.2. The van der Waals surface area contributed by atoms with Gasteiger partial charge in [0.1, 0.15) is 90.6 Å². The standard InChI is InChI=1S/C84H138N20O30S/c1-10-43(6)66(102-74(123)52(25-30-64(114)115)91-70(119)48(20-14-16-33-85)90-69(118)47(87)36-41(2)3)81(130)95-49(22-27-60(88)108)73(122)101-59(40-105)80(129)98-56(37-42(4)5)77(126)92-50(23-28-62(110)111)71(120)94-54(32-35-135-9)76(125)104-67(44(7)106)82(131)96-51(24-29-63(112)113)72(121)100-58(39-61(89)109)79(128)99-57(38-46-18-12-11-13-19-46)78(127)93-53(26-31-65(116)117)75(124)103-68(45(8)107)83(132)97-55(84(133)134)21-15-17-34-86/h11-13,18-19,41-45,47-59,66-68,105-107H,10,14-17,20-40,85-87H2,1-9H3,(H2,88,108)(H2,89,109)(H,90,118)(H,91,119)(H,92,126)(H,93,127)(H,94,120)(H,95,130)(H,96,131)(H,97,132)(H,98,129)(H,99,128)(H,100,121)(H,101,122)(H,102,123)(H,103,124)(H,104,125)(H,110,111)(H,112,113)(H,114,115)(H,116,117)(H,133,134)/t43-,44+,45+,47-,48-,49-,50-,51-,52-,53-,54-,55-,56-,57-,58-,59-,66-,67-,68-/m0/s1. The fourth-order valence-electron chi connectivity index (χ4n) is 13.2. The number of hydrogen-bond acceptors (Lipinski definition) is 29. The molecule has 0 aliphatic heterocycles. The maximum absolute atomic E-state index is 14.5. The Bertz CT molecular complexity index is 4150. The fourth-order valence-corrected chi connectivity index (χ4v) is 13.7. The molecule has 51 heteroatoms. The zero-order valence-electron chi connectivity index (χ0n) is 77.3. The summed E-state index contributed by atoms with van der Waals surface area (Å²) in [5, 5.41) is 116. The van der Waals surface area contributed by atoms with Crippen molar-refractivity contribution >= 4 is 142 Å². The van der Waals surface area contributed by atoms with Crippen molar-refractivity contribution in [3.8, 4) is 0 Å². The van der Waals surface area contributed by atoms with Gasteiger partial charge in [-0.2, -0.15) is 11.8 Å². The van der Waals surface area contributed by atoms with E-state index in [2.05, 4.69) is 79.8 Å². The zero-order chi connectivity index (χ0) is 103. The Morgan fingerprint density at radius 3 is 1.01 bits per heavy atom. The highest BCUT2D eigenvalue weighted by atomic mass is 32.2. The highest BCUT2D eigenvalue weighted by molar-refractivity contribution is 7.98. The van der Waals surface area contributed by atoms with Crippen LogP contribution in [0.25, 0.3) is 0 Å². The maximum Gasteiger partial charge on any atom is 0.326 e. The van der Waals surface area contributed by atoms with Crippen molar-refractivity contribution in [1.29, 1.82) is 0 Å². The highest BCUT2D eigenvalue weighted by Gasteiger charge is 2.42. The van der Waals surface area contributed by atoms with Gasteiger partial charge in [-0.25, -0.2) is 4.79 Å². The minimum absolute atomic E-state index is 0.0134. The lowest BCUT2D eigenvalue weighted by Crippen LogP contribution is -2.62. The largest absolute Gasteiger partial charge is 0.481 e. The number of carboxylic acid groups (broad SMARTS) is 5. The smallest absolute Gasteiger partial charge is 0.326 e. The summed E-state index contributed by atoms with van der Waals surface area (Å²) in [5.41, 5.74) is 28.6. The molecule has 0 radical (unpaired) electrons. The van der Waals surface area contributed by atoms with Gasteiger partial charge < -0.3 is 149 Å². The number of nitrogens with one attached hydrogen (secondary N) is 15. The van der Waals surface area contributed by atoms with E-state index in [0.717, 1.165) is 25.6 Å². The molecule has 33 N–H and O–H groups in total. The van der Waals surface area contributed by atoms with Crippen LogP contribution in [0.5, 0.6) is 0 Å². The van der Waals surface area contributed by atoms with Crippen molar-refractivity contribution in [2.45, 2.75) is 306 Å². The van der Waals surface area contributed by atoms with Gasteiger partial charge in [0.2, 0.25) is 100 Å². The van der Waals surface area contributed by atoms with Crippen LogP contribution in [0, 0.1) is 17.8 Å². The quantitative estimate of drug-likeness (QED) is 0.0269. The van der Waals surface area contributed by atoms with Crippen LogP contribution in [-0.2, 0) is 112 Å². The molecule has 1 aromatic rings. The van der Waals surface area contributed by atoms with Crippen LogP contribution >= 0.6 is 11.8 Å². The summed E-state index contributed by atoms with van der Waals surface area (Å²) in [4.78, 5) is 298. The molecule has 0 heterocycles. The van der Waals surface area contributed by atoms with E-state index in [1.807, 2.05) is 13.8 Å². The number of carboxylic acids is 5. The Morgan fingerprint density at radius 1 is 0.341 bits per heavy atom. The molecule has 135 heavy (non-hydrogen) atoms. The van der Waals surface area contributed by atoms with E-state index in [1.54, 1.807) is 33.1 Å². The van der Waals surface area contributed by atoms with Crippen molar-refractivity contribution in [1.82, 2.24) is 79.8 Å². The third kappa shape index (κ3) is 47.9. The number of rotatable bonds is 70. The maximum atomic E-state index is 14.5. The molecule has 0 aromatic heterocycles. The summed E-state index contributed by atoms with van der Waals surface area (Å²) in [5.74, 6) is -29.1. The number of benzene rings is 1. The molecule has 0 saturated heterocycles. The summed E-state index contributed by atoms with van der Waals surface area (Å²) >= 11 is 1.11. The van der Waals surface area contributed by atoms with E-state index >= 15 is 0 Å². The van der Waals surface area contributed by atoms with Gasteiger partial charge in [0.05, 0.1) is 31.3 Å². The van der Waals surface area contributed by atoms with E-state index in [-0.39, 0.29) is 69.7 Å². The molecular weight excluding hydrogens is 1800 g/mol. The molecule has 0 unspecified atom stereocenters. The third-order valence-corrected chi connectivity index (χ3v) is 21.6. The van der Waals surface area contributed by atoms with Gasteiger partial charge in [0, 0.05) is 38.5 Å². The van der Waals surface area contributed by atoms with Gasteiger partial charge in [-0.15, -0.1) is 0 Å². The fraction of sp³-hybridized carbons (Fsp3) is 0.667. The topological polar surface area (TPSA) is 848 Å². The molecule has 0 fully saturated rings. The van der Waals surface area contributed by atoms with E-state index in [4.69, 9.17) is 28.7 Å². The summed E-state index contributed by atoms with van der Waals surface area (Å²) in [6, 6.07) is -20.8. The Kier molecular flexibility index (Phi) is 57.0. The predicted octanol–water partition coefficient (Wildman–Crippen LogP) is -7.58. The summed E-state index contributed by atoms with van der Waals surface area (Å²) in [7, 11) is 0. The van der Waals surface area contributed by atoms with Crippen LogP contribution in [-0.4, -0.2) is 312 Å². The van der Waals surface area contributed by atoms with Crippen LogP contribution in [0.15, 0.2) is 30.3 Å². The Labute approximate surface area is 784 Å². The van der Waals surface area contributed by atoms with E-state index < -0.39 is 335 Å². The second-order valence-corrected chi connectivity index (χ2v) is 34.4. The predicted molar refractivity (Wildman–Crippen MR) is 482 cm³/mol. The minimum atomic E-state index is -2.15. The number of thioether (sulfide) groups is 1. The number of nitrogens with two attached hydrogens (primary N) is 5. The van der Waals surface area contributed by atoms with E-state index in [1.165, 1.54) is 31.2 Å². The monoisotopic (exact) mass is 1940 g/mol. The molecule has 1 aromatic carbocycles. The van der Waals surface area contributed by atoms with Gasteiger partial charge in [-0.1, -0.05) is 78.3 Å². The second-order valence-electron chi connectivity index (χ2n) is 33.4. The third-order valence-electron chi connectivity index (χ3n) is 20.9. The molecule has 1 rings (SSSR count). The molecule has 17 amide bonds. The number of aliphatic hydroxyl groups excluding tert-OH is 3. The average molecular weight is 1940 g/mol. The number of unbranched alkanes of at least 4 members (excludes halogenated alkanes) is 2. The average Bonchev–Trinajstić information content (AvgIpc) is 0.847. The molecule has 19 atom stereocenters.